The van der Waals surface area contributed by atoms with Crippen LogP contribution in [-0.4, -0.2) is 24.0 Å². The summed E-state index contributed by atoms with van der Waals surface area (Å²) in [5, 5.41) is 0. The van der Waals surface area contributed by atoms with E-state index >= 15 is 0 Å². The van der Waals surface area contributed by atoms with Crippen LogP contribution in [0.15, 0.2) is 18.2 Å². The normalized spacial score (nSPS) is 20.8. The van der Waals surface area contributed by atoms with Crippen molar-refractivity contribution < 1.29 is 0 Å². The van der Waals surface area contributed by atoms with E-state index in [1.54, 1.807) is 0 Å². The number of rotatable bonds is 2. The Labute approximate surface area is 104 Å². The maximum atomic E-state index is 5.90. The average Bonchev–Trinajstić information content (AvgIpc) is 2.56. The molecule has 0 unspecified atom stereocenters. The van der Waals surface area contributed by atoms with E-state index in [2.05, 4.69) is 36.9 Å². The summed E-state index contributed by atoms with van der Waals surface area (Å²) in [6.45, 7) is 7.59. The van der Waals surface area contributed by atoms with Gasteiger partial charge in [0.15, 0.2) is 0 Å². The van der Waals surface area contributed by atoms with Gasteiger partial charge in [0.25, 0.3) is 0 Å². The third-order valence-electron chi connectivity index (χ3n) is 3.20. The first-order valence-corrected chi connectivity index (χ1v) is 5.69. The van der Waals surface area contributed by atoms with Gasteiger partial charge in [0.1, 0.15) is 0 Å². The van der Waals surface area contributed by atoms with E-state index in [1.807, 2.05) is 0 Å². The van der Waals surface area contributed by atoms with Crippen molar-refractivity contribution >= 4 is 12.4 Å². The van der Waals surface area contributed by atoms with Gasteiger partial charge < -0.3 is 5.73 Å². The van der Waals surface area contributed by atoms with Gasteiger partial charge in [0, 0.05) is 25.7 Å². The minimum Gasteiger partial charge on any atom is -0.326 e. The van der Waals surface area contributed by atoms with Crippen LogP contribution in [0.2, 0.25) is 0 Å². The highest BCUT2D eigenvalue weighted by molar-refractivity contribution is 5.85. The van der Waals surface area contributed by atoms with E-state index in [0.29, 0.717) is 6.04 Å². The summed E-state index contributed by atoms with van der Waals surface area (Å²) in [4.78, 5) is 2.45. The monoisotopic (exact) mass is 240 g/mol. The van der Waals surface area contributed by atoms with Crippen LogP contribution in [0.25, 0.3) is 0 Å². The Morgan fingerprint density at radius 3 is 2.69 bits per heavy atom. The summed E-state index contributed by atoms with van der Waals surface area (Å²) in [5.41, 5.74) is 10.1. The number of nitrogens with zero attached hydrogens (tertiary/aromatic N) is 1. The molecule has 2 nitrogen and oxygen atoms in total. The van der Waals surface area contributed by atoms with E-state index in [0.717, 1.165) is 26.1 Å². The van der Waals surface area contributed by atoms with Crippen LogP contribution in [0.1, 0.15) is 23.1 Å². The Balaban J connectivity index is 0.00000128. The first-order chi connectivity index (χ1) is 7.15. The summed E-state index contributed by atoms with van der Waals surface area (Å²) in [6.07, 6.45) is 1.14. The minimum absolute atomic E-state index is 0. The fraction of sp³-hybridized carbons (Fsp3) is 0.538. The molecule has 0 spiro atoms. The second-order valence-corrected chi connectivity index (χ2v) is 4.71. The maximum Gasteiger partial charge on any atom is 0.0237 e. The van der Waals surface area contributed by atoms with Crippen LogP contribution in [0, 0.1) is 13.8 Å². The highest BCUT2D eigenvalue weighted by Gasteiger charge is 2.19. The smallest absolute Gasteiger partial charge is 0.0237 e. The molecule has 0 saturated carbocycles. The summed E-state index contributed by atoms with van der Waals surface area (Å²) in [6, 6.07) is 7.08. The largest absolute Gasteiger partial charge is 0.326 e. The molecule has 1 fully saturated rings. The van der Waals surface area contributed by atoms with Crippen molar-refractivity contribution in [3.05, 3.63) is 34.9 Å². The number of aryl methyl sites for hydroxylation is 2. The SMILES string of the molecule is Cc1ccc(CN2CC[C@H](N)C2)c(C)c1.Cl. The van der Waals surface area contributed by atoms with Crippen molar-refractivity contribution in [2.24, 2.45) is 5.73 Å². The molecule has 1 heterocycles. The Morgan fingerprint density at radius 2 is 2.12 bits per heavy atom. The number of hydrogen-bond acceptors (Lipinski definition) is 2. The molecule has 16 heavy (non-hydrogen) atoms. The Kier molecular flexibility index (Phi) is 4.78. The van der Waals surface area contributed by atoms with E-state index < -0.39 is 0 Å². The first kappa shape index (κ1) is 13.5. The summed E-state index contributed by atoms with van der Waals surface area (Å²) in [5.74, 6) is 0. The quantitative estimate of drug-likeness (QED) is 0.859. The van der Waals surface area contributed by atoms with Gasteiger partial charge in [-0.3, -0.25) is 4.90 Å². The second kappa shape index (κ2) is 5.67. The highest BCUT2D eigenvalue weighted by Crippen LogP contribution is 2.16. The predicted molar refractivity (Wildman–Crippen MR) is 71.0 cm³/mol. The summed E-state index contributed by atoms with van der Waals surface area (Å²) in [7, 11) is 0. The molecule has 0 bridgehead atoms. The van der Waals surface area contributed by atoms with Crippen LogP contribution in [0.5, 0.6) is 0 Å². The van der Waals surface area contributed by atoms with Gasteiger partial charge in [-0.25, -0.2) is 0 Å². The number of hydrogen-bond donors (Lipinski definition) is 1. The van der Waals surface area contributed by atoms with Gasteiger partial charge in [-0.1, -0.05) is 23.8 Å². The van der Waals surface area contributed by atoms with Gasteiger partial charge in [-0.2, -0.15) is 0 Å². The fourth-order valence-corrected chi connectivity index (χ4v) is 2.27. The summed E-state index contributed by atoms with van der Waals surface area (Å²) >= 11 is 0. The molecule has 3 heteroatoms. The van der Waals surface area contributed by atoms with E-state index in [1.165, 1.54) is 16.7 Å². The lowest BCUT2D eigenvalue weighted by Crippen LogP contribution is -2.26. The number of halogens is 1. The van der Waals surface area contributed by atoms with Gasteiger partial charge >= 0.3 is 0 Å². The molecule has 1 aliphatic rings. The van der Waals surface area contributed by atoms with E-state index in [-0.39, 0.29) is 12.4 Å². The van der Waals surface area contributed by atoms with Crippen molar-refractivity contribution in [2.75, 3.05) is 13.1 Å². The van der Waals surface area contributed by atoms with Gasteiger partial charge in [0.05, 0.1) is 0 Å². The molecule has 1 atom stereocenters. The fourth-order valence-electron chi connectivity index (χ4n) is 2.27. The van der Waals surface area contributed by atoms with Gasteiger partial charge in [0.2, 0.25) is 0 Å². The molecule has 0 amide bonds. The Morgan fingerprint density at radius 1 is 1.38 bits per heavy atom. The first-order valence-electron chi connectivity index (χ1n) is 5.69. The molecule has 0 aromatic heterocycles. The van der Waals surface area contributed by atoms with Crippen LogP contribution < -0.4 is 5.73 Å². The number of benzene rings is 1. The zero-order chi connectivity index (χ0) is 10.8. The Bertz CT molecular complexity index is 352. The molecule has 1 aromatic carbocycles. The van der Waals surface area contributed by atoms with Crippen LogP contribution in [-0.2, 0) is 6.54 Å². The second-order valence-electron chi connectivity index (χ2n) is 4.71. The predicted octanol–water partition coefficient (Wildman–Crippen LogP) is 2.26. The van der Waals surface area contributed by atoms with Crippen molar-refractivity contribution in [3.63, 3.8) is 0 Å². The van der Waals surface area contributed by atoms with Crippen molar-refractivity contribution in [2.45, 2.75) is 32.9 Å². The molecular formula is C13H21ClN2. The topological polar surface area (TPSA) is 29.3 Å². The molecule has 1 aliphatic heterocycles. The summed E-state index contributed by atoms with van der Waals surface area (Å²) < 4.78 is 0. The van der Waals surface area contributed by atoms with Crippen molar-refractivity contribution in [1.29, 1.82) is 0 Å². The molecule has 1 aromatic rings. The molecule has 0 aliphatic carbocycles. The number of nitrogens with two attached hydrogens (primary N) is 1. The molecule has 90 valence electrons. The van der Waals surface area contributed by atoms with Crippen molar-refractivity contribution in [1.82, 2.24) is 4.90 Å². The third kappa shape index (κ3) is 3.21. The zero-order valence-electron chi connectivity index (χ0n) is 10.1. The third-order valence-corrected chi connectivity index (χ3v) is 3.20. The lowest BCUT2D eigenvalue weighted by molar-refractivity contribution is 0.326. The molecule has 2 rings (SSSR count). The molecule has 1 saturated heterocycles. The molecule has 0 radical (unpaired) electrons. The lowest BCUT2D eigenvalue weighted by atomic mass is 10.1. The lowest BCUT2D eigenvalue weighted by Gasteiger charge is -2.17. The van der Waals surface area contributed by atoms with E-state index in [4.69, 9.17) is 5.73 Å². The molecular weight excluding hydrogens is 220 g/mol. The van der Waals surface area contributed by atoms with Crippen LogP contribution in [0.3, 0.4) is 0 Å². The standard InChI is InChI=1S/C13H20N2.ClH/c1-10-3-4-12(11(2)7-10)8-15-6-5-13(14)9-15;/h3-4,7,13H,5-6,8-9,14H2,1-2H3;1H/t13-;/m0./s1. The maximum absolute atomic E-state index is 5.90. The van der Waals surface area contributed by atoms with Crippen molar-refractivity contribution in [3.8, 4) is 0 Å². The van der Waals surface area contributed by atoms with E-state index in [9.17, 15) is 0 Å². The zero-order valence-corrected chi connectivity index (χ0v) is 10.9. The average molecular weight is 241 g/mol. The van der Waals surface area contributed by atoms with Crippen LogP contribution >= 0.6 is 12.4 Å². The van der Waals surface area contributed by atoms with Crippen LogP contribution in [0.4, 0.5) is 0 Å². The highest BCUT2D eigenvalue weighted by atomic mass is 35.5. The molecule has 2 N–H and O–H groups in total. The van der Waals surface area contributed by atoms with Gasteiger partial charge in [-0.15, -0.1) is 12.4 Å². The van der Waals surface area contributed by atoms with Gasteiger partial charge in [-0.05, 0) is 31.4 Å². The number of likely N-dealkylation sites (tertiary alicyclic amines) is 1. The minimum atomic E-state index is 0. The Hall–Kier alpha value is -0.570.